The highest BCUT2D eigenvalue weighted by Crippen LogP contribution is 2.12. The van der Waals surface area contributed by atoms with Gasteiger partial charge in [0.25, 0.3) is 0 Å². The van der Waals surface area contributed by atoms with Crippen LogP contribution in [0.25, 0.3) is 0 Å². The molecule has 0 aromatic heterocycles. The monoisotopic (exact) mass is 208 g/mol. The van der Waals surface area contributed by atoms with Crippen LogP contribution in [0.2, 0.25) is 0 Å². The summed E-state index contributed by atoms with van der Waals surface area (Å²) in [5.74, 6) is 0.826. The molecule has 0 bridgehead atoms. The number of amides is 1. The Morgan fingerprint density at radius 3 is 2.53 bits per heavy atom. The predicted octanol–water partition coefficient (Wildman–Crippen LogP) is 0.878. The number of carbonyl (C=O) groups is 1. The average molecular weight is 208 g/mol. The molecular formula is C11H16N2O2. The third-order valence-electron chi connectivity index (χ3n) is 2.06. The number of ether oxygens (including phenoxy) is 1. The minimum atomic E-state index is -0.00619. The molecule has 0 spiro atoms. The lowest BCUT2D eigenvalue weighted by Gasteiger charge is -2.04. The summed E-state index contributed by atoms with van der Waals surface area (Å²) >= 11 is 0. The molecule has 1 aromatic rings. The van der Waals surface area contributed by atoms with E-state index < -0.39 is 0 Å². The van der Waals surface area contributed by atoms with Crippen molar-refractivity contribution < 1.29 is 9.53 Å². The van der Waals surface area contributed by atoms with Crippen LogP contribution in [-0.2, 0) is 11.2 Å². The Labute approximate surface area is 89.6 Å². The molecule has 82 valence electrons. The topological polar surface area (TPSA) is 50.4 Å². The van der Waals surface area contributed by atoms with Gasteiger partial charge in [-0.15, -0.1) is 0 Å². The Morgan fingerprint density at radius 1 is 1.33 bits per heavy atom. The average Bonchev–Trinajstić information content (AvgIpc) is 2.27. The number of aryl methyl sites for hydroxylation is 1. The first-order valence-corrected chi connectivity index (χ1v) is 4.84. The summed E-state index contributed by atoms with van der Waals surface area (Å²) in [5.41, 5.74) is 6.25. The Morgan fingerprint density at radius 2 is 2.00 bits per heavy atom. The molecule has 15 heavy (non-hydrogen) atoms. The van der Waals surface area contributed by atoms with Crippen LogP contribution in [0.3, 0.4) is 0 Å². The summed E-state index contributed by atoms with van der Waals surface area (Å²) in [4.78, 5) is 11.1. The van der Waals surface area contributed by atoms with E-state index in [-0.39, 0.29) is 5.91 Å². The molecule has 0 aliphatic carbocycles. The number of benzene rings is 1. The van der Waals surface area contributed by atoms with Crippen molar-refractivity contribution in [2.75, 3.05) is 14.2 Å². The van der Waals surface area contributed by atoms with E-state index in [4.69, 9.17) is 4.74 Å². The molecule has 0 radical (unpaired) electrons. The van der Waals surface area contributed by atoms with Gasteiger partial charge in [0, 0.05) is 13.5 Å². The number of hydrogen-bond donors (Lipinski definition) is 2. The molecule has 1 rings (SSSR count). The lowest BCUT2D eigenvalue weighted by Crippen LogP contribution is -2.34. The van der Waals surface area contributed by atoms with Crippen molar-refractivity contribution in [3.05, 3.63) is 29.8 Å². The van der Waals surface area contributed by atoms with Crippen molar-refractivity contribution in [1.82, 2.24) is 10.9 Å². The molecule has 0 unspecified atom stereocenters. The second-order valence-electron chi connectivity index (χ2n) is 3.15. The van der Waals surface area contributed by atoms with Crippen LogP contribution in [0.15, 0.2) is 24.3 Å². The molecule has 0 saturated heterocycles. The maximum absolute atomic E-state index is 11.1. The number of hydrazine groups is 1. The fourth-order valence-electron chi connectivity index (χ4n) is 1.25. The van der Waals surface area contributed by atoms with Crippen molar-refractivity contribution in [1.29, 1.82) is 0 Å². The molecule has 0 fully saturated rings. The van der Waals surface area contributed by atoms with Crippen LogP contribution < -0.4 is 15.6 Å². The highest BCUT2D eigenvalue weighted by atomic mass is 16.5. The van der Waals surface area contributed by atoms with Crippen LogP contribution in [0.5, 0.6) is 5.75 Å². The second-order valence-corrected chi connectivity index (χ2v) is 3.15. The van der Waals surface area contributed by atoms with E-state index in [1.807, 2.05) is 24.3 Å². The van der Waals surface area contributed by atoms with E-state index in [1.54, 1.807) is 14.2 Å². The molecule has 0 atom stereocenters. The van der Waals surface area contributed by atoms with Crippen LogP contribution >= 0.6 is 0 Å². The molecule has 0 heterocycles. The van der Waals surface area contributed by atoms with Gasteiger partial charge in [-0.2, -0.15) is 0 Å². The normalized spacial score (nSPS) is 9.73. The van der Waals surface area contributed by atoms with Gasteiger partial charge in [-0.05, 0) is 24.1 Å². The van der Waals surface area contributed by atoms with Gasteiger partial charge in [0.1, 0.15) is 5.75 Å². The first-order chi connectivity index (χ1) is 7.26. The summed E-state index contributed by atoms with van der Waals surface area (Å²) in [6, 6.07) is 7.72. The summed E-state index contributed by atoms with van der Waals surface area (Å²) < 4.78 is 5.04. The Kier molecular flexibility index (Phi) is 4.63. The van der Waals surface area contributed by atoms with E-state index in [0.29, 0.717) is 6.42 Å². The van der Waals surface area contributed by atoms with Gasteiger partial charge in [-0.3, -0.25) is 10.2 Å². The molecule has 4 heteroatoms. The molecular weight excluding hydrogens is 192 g/mol. The summed E-state index contributed by atoms with van der Waals surface area (Å²) in [6.07, 6.45) is 1.21. The minimum Gasteiger partial charge on any atom is -0.497 e. The Hall–Kier alpha value is -1.55. The van der Waals surface area contributed by atoms with Gasteiger partial charge < -0.3 is 4.74 Å². The minimum absolute atomic E-state index is 0.00619. The highest BCUT2D eigenvalue weighted by Gasteiger charge is 2.00. The number of nitrogens with one attached hydrogen (secondary N) is 2. The van der Waals surface area contributed by atoms with E-state index in [9.17, 15) is 4.79 Å². The zero-order chi connectivity index (χ0) is 11.1. The van der Waals surface area contributed by atoms with Gasteiger partial charge in [0.15, 0.2) is 0 Å². The summed E-state index contributed by atoms with van der Waals surface area (Å²) in [5, 5.41) is 0. The maximum atomic E-state index is 11.1. The maximum Gasteiger partial charge on any atom is 0.234 e. The van der Waals surface area contributed by atoms with Crippen molar-refractivity contribution in [2.45, 2.75) is 12.8 Å². The lowest BCUT2D eigenvalue weighted by atomic mass is 10.1. The first-order valence-electron chi connectivity index (χ1n) is 4.84. The van der Waals surface area contributed by atoms with Crippen LogP contribution in [-0.4, -0.2) is 20.1 Å². The lowest BCUT2D eigenvalue weighted by molar-refractivity contribution is -0.121. The van der Waals surface area contributed by atoms with Crippen molar-refractivity contribution in [3.8, 4) is 5.75 Å². The third kappa shape index (κ3) is 3.99. The second kappa shape index (κ2) is 6.03. The van der Waals surface area contributed by atoms with Crippen molar-refractivity contribution >= 4 is 5.91 Å². The number of hydrogen-bond acceptors (Lipinski definition) is 3. The fraction of sp³-hybridized carbons (Fsp3) is 0.364. The van der Waals surface area contributed by atoms with Crippen LogP contribution in [0.1, 0.15) is 12.0 Å². The molecule has 2 N–H and O–H groups in total. The van der Waals surface area contributed by atoms with Crippen molar-refractivity contribution in [2.24, 2.45) is 0 Å². The van der Waals surface area contributed by atoms with Gasteiger partial charge in [-0.25, -0.2) is 5.43 Å². The predicted molar refractivity (Wildman–Crippen MR) is 58.5 cm³/mol. The van der Waals surface area contributed by atoms with Crippen LogP contribution in [0, 0.1) is 0 Å². The molecule has 0 aliphatic heterocycles. The number of rotatable bonds is 5. The van der Waals surface area contributed by atoms with E-state index in [1.165, 1.54) is 0 Å². The van der Waals surface area contributed by atoms with Gasteiger partial charge in [-0.1, -0.05) is 12.1 Å². The number of carbonyl (C=O) groups excluding carboxylic acids is 1. The first kappa shape index (κ1) is 11.5. The SMILES string of the molecule is CNNC(=O)CCc1ccc(OC)cc1. The fourth-order valence-corrected chi connectivity index (χ4v) is 1.25. The third-order valence-corrected chi connectivity index (χ3v) is 2.06. The zero-order valence-electron chi connectivity index (χ0n) is 9.04. The summed E-state index contributed by atoms with van der Waals surface area (Å²) in [7, 11) is 3.31. The highest BCUT2D eigenvalue weighted by molar-refractivity contribution is 5.75. The quantitative estimate of drug-likeness (QED) is 0.706. The van der Waals surface area contributed by atoms with E-state index >= 15 is 0 Å². The van der Waals surface area contributed by atoms with Gasteiger partial charge in [0.05, 0.1) is 7.11 Å². The van der Waals surface area contributed by atoms with Gasteiger partial charge in [0.2, 0.25) is 5.91 Å². The van der Waals surface area contributed by atoms with Crippen LogP contribution in [0.4, 0.5) is 0 Å². The smallest absolute Gasteiger partial charge is 0.234 e. The number of methoxy groups -OCH3 is 1. The zero-order valence-corrected chi connectivity index (χ0v) is 9.04. The standard InChI is InChI=1S/C11H16N2O2/c1-12-13-11(14)8-5-9-3-6-10(15-2)7-4-9/h3-4,6-7,12H,5,8H2,1-2H3,(H,13,14). The van der Waals surface area contributed by atoms with Crippen molar-refractivity contribution in [3.63, 3.8) is 0 Å². The summed E-state index contributed by atoms with van der Waals surface area (Å²) in [6.45, 7) is 0. The molecule has 1 amide bonds. The van der Waals surface area contributed by atoms with E-state index in [0.717, 1.165) is 17.7 Å². The molecule has 1 aromatic carbocycles. The molecule has 0 saturated carbocycles. The Bertz CT molecular complexity index is 309. The Balaban J connectivity index is 2.40. The molecule has 4 nitrogen and oxygen atoms in total. The largest absolute Gasteiger partial charge is 0.497 e. The van der Waals surface area contributed by atoms with E-state index in [2.05, 4.69) is 10.9 Å². The molecule has 0 aliphatic rings. The van der Waals surface area contributed by atoms with Gasteiger partial charge >= 0.3 is 0 Å².